The number of rotatable bonds is 8. The second-order valence-corrected chi connectivity index (χ2v) is 8.00. The van der Waals surface area contributed by atoms with Gasteiger partial charge in [0.25, 0.3) is 5.91 Å². The Bertz CT molecular complexity index is 1150. The Kier molecular flexibility index (Phi) is 7.75. The van der Waals surface area contributed by atoms with E-state index in [-0.39, 0.29) is 28.2 Å². The Morgan fingerprint density at radius 1 is 0.969 bits per heavy atom. The summed E-state index contributed by atoms with van der Waals surface area (Å²) < 4.78 is 5.13. The summed E-state index contributed by atoms with van der Waals surface area (Å²) in [5.74, 6) is -0.989. The smallest absolute Gasteiger partial charge is 0.337 e. The molecule has 0 bridgehead atoms. The van der Waals surface area contributed by atoms with Crippen molar-refractivity contribution in [3.8, 4) is 5.75 Å². The summed E-state index contributed by atoms with van der Waals surface area (Å²) >= 11 is 7.14. The minimum Gasteiger partial charge on any atom is -0.497 e. The van der Waals surface area contributed by atoms with Crippen LogP contribution < -0.4 is 15.4 Å². The highest BCUT2D eigenvalue weighted by atomic mass is 35.5. The minimum atomic E-state index is -1.17. The minimum absolute atomic E-state index is 0.0799. The zero-order valence-corrected chi connectivity index (χ0v) is 18.5. The van der Waals surface area contributed by atoms with E-state index in [9.17, 15) is 14.4 Å². The number of carbonyl (C=O) groups is 3. The number of anilines is 2. The molecule has 0 saturated heterocycles. The number of aromatic carboxylic acids is 1. The van der Waals surface area contributed by atoms with Gasteiger partial charge in [-0.2, -0.15) is 0 Å². The maximum Gasteiger partial charge on any atom is 0.337 e. The molecule has 3 aromatic rings. The van der Waals surface area contributed by atoms with E-state index in [1.807, 2.05) is 0 Å². The lowest BCUT2D eigenvalue weighted by Crippen LogP contribution is -2.14. The first-order valence-electron chi connectivity index (χ1n) is 9.36. The van der Waals surface area contributed by atoms with Gasteiger partial charge in [-0.1, -0.05) is 17.7 Å². The fourth-order valence-corrected chi connectivity index (χ4v) is 3.61. The Morgan fingerprint density at radius 3 is 2.38 bits per heavy atom. The number of ether oxygens (including phenoxy) is 1. The van der Waals surface area contributed by atoms with Gasteiger partial charge in [-0.25, -0.2) is 4.79 Å². The fourth-order valence-electron chi connectivity index (χ4n) is 2.71. The van der Waals surface area contributed by atoms with Crippen LogP contribution in [0.3, 0.4) is 0 Å². The Balaban J connectivity index is 1.53. The lowest BCUT2D eigenvalue weighted by molar-refractivity contribution is -0.113. The summed E-state index contributed by atoms with van der Waals surface area (Å²) in [4.78, 5) is 36.5. The molecule has 0 aromatic heterocycles. The summed E-state index contributed by atoms with van der Waals surface area (Å²) in [6.07, 6.45) is 0. The van der Waals surface area contributed by atoms with E-state index >= 15 is 0 Å². The zero-order valence-electron chi connectivity index (χ0n) is 16.9. The molecule has 0 aliphatic heterocycles. The molecule has 0 fully saturated rings. The standard InChI is InChI=1S/C23H19ClN2O5S/c1-31-17-4-2-3-14(11-17)22(28)26-15-5-8-18(9-6-15)32-13-21(27)25-16-7-10-20(24)19(12-16)23(29)30/h2-12H,13H2,1H3,(H,25,27)(H,26,28)(H,29,30). The van der Waals surface area contributed by atoms with Crippen LogP contribution >= 0.6 is 23.4 Å². The summed E-state index contributed by atoms with van der Waals surface area (Å²) in [5, 5.41) is 14.7. The van der Waals surface area contributed by atoms with Crippen LogP contribution in [0.5, 0.6) is 5.75 Å². The van der Waals surface area contributed by atoms with Gasteiger partial charge in [-0.05, 0) is 60.7 Å². The van der Waals surface area contributed by atoms with E-state index in [2.05, 4.69) is 10.6 Å². The number of amides is 2. The van der Waals surface area contributed by atoms with E-state index in [1.165, 1.54) is 37.1 Å². The number of carboxylic acids is 1. The molecular formula is C23H19ClN2O5S. The molecule has 0 unspecified atom stereocenters. The number of hydrogen-bond acceptors (Lipinski definition) is 5. The number of carbonyl (C=O) groups excluding carboxylic acids is 2. The molecule has 9 heteroatoms. The summed E-state index contributed by atoms with van der Waals surface area (Å²) in [6, 6.07) is 18.2. The number of thioether (sulfide) groups is 1. The molecule has 3 N–H and O–H groups in total. The second-order valence-electron chi connectivity index (χ2n) is 6.55. The van der Waals surface area contributed by atoms with Crippen molar-refractivity contribution in [3.63, 3.8) is 0 Å². The SMILES string of the molecule is COc1cccc(C(=O)Nc2ccc(SCC(=O)Nc3ccc(Cl)c(C(=O)O)c3)cc2)c1. The molecule has 3 rings (SSSR count). The molecular weight excluding hydrogens is 452 g/mol. The maximum absolute atomic E-state index is 12.4. The van der Waals surface area contributed by atoms with E-state index in [1.54, 1.807) is 48.5 Å². The molecule has 2 amide bonds. The van der Waals surface area contributed by atoms with Crippen LogP contribution in [0.15, 0.2) is 71.6 Å². The van der Waals surface area contributed by atoms with Gasteiger partial charge in [0.15, 0.2) is 0 Å². The van der Waals surface area contributed by atoms with Crippen LogP contribution in [0.2, 0.25) is 5.02 Å². The van der Waals surface area contributed by atoms with Crippen molar-refractivity contribution in [1.82, 2.24) is 0 Å². The normalized spacial score (nSPS) is 10.3. The summed E-state index contributed by atoms with van der Waals surface area (Å²) in [6.45, 7) is 0. The molecule has 0 aliphatic rings. The predicted octanol–water partition coefficient (Wildman–Crippen LogP) is 5.03. The van der Waals surface area contributed by atoms with E-state index in [0.717, 1.165) is 4.90 Å². The third kappa shape index (κ3) is 6.26. The number of carboxylic acid groups (broad SMARTS) is 1. The first kappa shape index (κ1) is 23.2. The van der Waals surface area contributed by atoms with Crippen LogP contribution in [0.25, 0.3) is 0 Å². The number of methoxy groups -OCH3 is 1. The van der Waals surface area contributed by atoms with E-state index in [0.29, 0.717) is 22.7 Å². The van der Waals surface area contributed by atoms with Gasteiger partial charge in [0.2, 0.25) is 5.91 Å². The maximum atomic E-state index is 12.4. The van der Waals surface area contributed by atoms with Gasteiger partial charge < -0.3 is 20.5 Å². The van der Waals surface area contributed by atoms with Gasteiger partial charge in [-0.3, -0.25) is 9.59 Å². The molecule has 0 heterocycles. The van der Waals surface area contributed by atoms with E-state index < -0.39 is 5.97 Å². The molecule has 3 aromatic carbocycles. The summed E-state index contributed by atoms with van der Waals surface area (Å²) in [5.41, 5.74) is 1.37. The first-order valence-corrected chi connectivity index (χ1v) is 10.7. The number of nitrogens with one attached hydrogen (secondary N) is 2. The third-order valence-corrected chi connectivity index (χ3v) is 5.64. The van der Waals surface area contributed by atoms with Crippen LogP contribution in [0.4, 0.5) is 11.4 Å². The highest BCUT2D eigenvalue weighted by Crippen LogP contribution is 2.23. The summed E-state index contributed by atoms with van der Waals surface area (Å²) in [7, 11) is 1.54. The van der Waals surface area contributed by atoms with Gasteiger partial charge in [0.1, 0.15) is 5.75 Å². The third-order valence-electron chi connectivity index (χ3n) is 4.29. The van der Waals surface area contributed by atoms with E-state index in [4.69, 9.17) is 21.4 Å². The average Bonchev–Trinajstić information content (AvgIpc) is 2.79. The Labute approximate surface area is 193 Å². The first-order chi connectivity index (χ1) is 15.4. The average molecular weight is 471 g/mol. The van der Waals surface area contributed by atoms with Crippen molar-refractivity contribution in [1.29, 1.82) is 0 Å². The topological polar surface area (TPSA) is 105 Å². The monoisotopic (exact) mass is 470 g/mol. The van der Waals surface area contributed by atoms with Crippen LogP contribution in [-0.2, 0) is 4.79 Å². The fraction of sp³-hybridized carbons (Fsp3) is 0.0870. The molecule has 0 atom stereocenters. The molecule has 0 saturated carbocycles. The zero-order chi connectivity index (χ0) is 23.1. The van der Waals surface area contributed by atoms with Gasteiger partial charge in [-0.15, -0.1) is 11.8 Å². The quantitative estimate of drug-likeness (QED) is 0.399. The van der Waals surface area contributed by atoms with Crippen molar-refractivity contribution in [3.05, 3.63) is 82.9 Å². The number of benzene rings is 3. The van der Waals surface area contributed by atoms with Gasteiger partial charge >= 0.3 is 5.97 Å². The molecule has 0 spiro atoms. The highest BCUT2D eigenvalue weighted by molar-refractivity contribution is 8.00. The lowest BCUT2D eigenvalue weighted by atomic mass is 10.2. The van der Waals surface area contributed by atoms with Crippen LogP contribution in [0.1, 0.15) is 20.7 Å². The highest BCUT2D eigenvalue weighted by Gasteiger charge is 2.12. The van der Waals surface area contributed by atoms with Crippen molar-refractivity contribution in [2.24, 2.45) is 0 Å². The second kappa shape index (κ2) is 10.7. The van der Waals surface area contributed by atoms with Crippen molar-refractivity contribution >= 4 is 52.5 Å². The molecule has 0 aliphatic carbocycles. The molecule has 32 heavy (non-hydrogen) atoms. The van der Waals surface area contributed by atoms with Crippen molar-refractivity contribution in [2.45, 2.75) is 4.90 Å². The number of hydrogen-bond donors (Lipinski definition) is 3. The molecule has 7 nitrogen and oxygen atoms in total. The van der Waals surface area contributed by atoms with Crippen molar-refractivity contribution < 1.29 is 24.2 Å². The number of halogens is 1. The molecule has 0 radical (unpaired) electrons. The molecule has 164 valence electrons. The largest absolute Gasteiger partial charge is 0.497 e. The van der Waals surface area contributed by atoms with Crippen LogP contribution in [0, 0.1) is 0 Å². The van der Waals surface area contributed by atoms with Gasteiger partial charge in [0, 0.05) is 21.8 Å². The Hall–Kier alpha value is -3.49. The van der Waals surface area contributed by atoms with Crippen LogP contribution in [-0.4, -0.2) is 35.8 Å². The Morgan fingerprint density at radius 2 is 1.69 bits per heavy atom. The lowest BCUT2D eigenvalue weighted by Gasteiger charge is -2.09. The van der Waals surface area contributed by atoms with Crippen molar-refractivity contribution in [2.75, 3.05) is 23.5 Å². The predicted molar refractivity (Wildman–Crippen MR) is 125 cm³/mol. The van der Waals surface area contributed by atoms with Gasteiger partial charge in [0.05, 0.1) is 23.4 Å².